The summed E-state index contributed by atoms with van der Waals surface area (Å²) >= 11 is 12.0. The van der Waals surface area contributed by atoms with Crippen LogP contribution in [0.15, 0.2) is 24.8 Å². The van der Waals surface area contributed by atoms with Crippen LogP contribution in [0.4, 0.5) is 0 Å². The number of furan rings is 1. The van der Waals surface area contributed by atoms with Gasteiger partial charge >= 0.3 is 0 Å². The lowest BCUT2D eigenvalue weighted by atomic mass is 10.5. The largest absolute Gasteiger partial charge is 0.449 e. The van der Waals surface area contributed by atoms with Gasteiger partial charge in [0.2, 0.25) is 0 Å². The third kappa shape index (κ3) is 2.73. The number of hydrogen-bond acceptors (Lipinski definition) is 5. The summed E-state index contributed by atoms with van der Waals surface area (Å²) in [4.78, 5) is 0. The van der Waals surface area contributed by atoms with Crippen molar-refractivity contribution in [3.05, 3.63) is 27.0 Å². The van der Waals surface area contributed by atoms with Gasteiger partial charge in [0, 0.05) is 0 Å². The normalized spacial score (nSPS) is 10.7. The van der Waals surface area contributed by atoms with Gasteiger partial charge in [-0.15, -0.1) is 10.2 Å². The van der Waals surface area contributed by atoms with Crippen LogP contribution in [0, 0.1) is 0 Å². The highest BCUT2D eigenvalue weighted by molar-refractivity contribution is 9.11. The molecule has 0 saturated carbocycles. The van der Waals surface area contributed by atoms with E-state index in [1.807, 2.05) is 6.07 Å². The van der Waals surface area contributed by atoms with Crippen LogP contribution < -0.4 is 0 Å². The number of aromatic nitrogens is 2. The SMILES string of the molecule is Clc1ccc(CSc2nnc(Br)s2)o1. The van der Waals surface area contributed by atoms with Crippen molar-refractivity contribution in [2.24, 2.45) is 0 Å². The second-order valence-electron chi connectivity index (χ2n) is 2.32. The van der Waals surface area contributed by atoms with Gasteiger partial charge < -0.3 is 4.42 Å². The summed E-state index contributed by atoms with van der Waals surface area (Å²) in [5, 5.41) is 8.21. The van der Waals surface area contributed by atoms with E-state index in [0.717, 1.165) is 14.0 Å². The van der Waals surface area contributed by atoms with Crippen molar-refractivity contribution < 1.29 is 4.42 Å². The first-order valence-electron chi connectivity index (χ1n) is 3.60. The molecule has 0 aliphatic rings. The summed E-state index contributed by atoms with van der Waals surface area (Å²) in [7, 11) is 0. The fourth-order valence-corrected chi connectivity index (χ4v) is 3.31. The van der Waals surface area contributed by atoms with E-state index in [9.17, 15) is 0 Å². The van der Waals surface area contributed by atoms with Gasteiger partial charge in [-0.05, 0) is 39.7 Å². The molecule has 0 aliphatic heterocycles. The van der Waals surface area contributed by atoms with Gasteiger partial charge in [-0.25, -0.2) is 0 Å². The molecule has 2 aromatic heterocycles. The maximum Gasteiger partial charge on any atom is 0.193 e. The lowest BCUT2D eigenvalue weighted by Crippen LogP contribution is -1.75. The van der Waals surface area contributed by atoms with Crippen LogP contribution in [0.2, 0.25) is 5.22 Å². The smallest absolute Gasteiger partial charge is 0.193 e. The summed E-state index contributed by atoms with van der Waals surface area (Å²) in [5.41, 5.74) is 0. The highest BCUT2D eigenvalue weighted by Gasteiger charge is 2.05. The van der Waals surface area contributed by atoms with E-state index in [0.29, 0.717) is 11.0 Å². The second-order valence-corrected chi connectivity index (χ2v) is 6.16. The second kappa shape index (κ2) is 4.65. The molecule has 0 radical (unpaired) electrons. The number of hydrogen-bond donors (Lipinski definition) is 0. The minimum atomic E-state index is 0.416. The molecule has 3 nitrogen and oxygen atoms in total. The molecule has 2 aromatic rings. The Morgan fingerprint density at radius 2 is 2.36 bits per heavy atom. The average Bonchev–Trinajstić information content (AvgIpc) is 2.72. The Kier molecular flexibility index (Phi) is 3.48. The van der Waals surface area contributed by atoms with E-state index >= 15 is 0 Å². The maximum atomic E-state index is 5.64. The molecular weight excluding hydrogens is 308 g/mol. The van der Waals surface area contributed by atoms with Gasteiger partial charge in [0.15, 0.2) is 13.5 Å². The Balaban J connectivity index is 1.94. The molecule has 0 N–H and O–H groups in total. The molecule has 0 bridgehead atoms. The molecule has 74 valence electrons. The zero-order valence-electron chi connectivity index (χ0n) is 6.74. The van der Waals surface area contributed by atoms with Gasteiger partial charge in [-0.1, -0.05) is 23.1 Å². The highest BCUT2D eigenvalue weighted by Crippen LogP contribution is 2.29. The fraction of sp³-hybridized carbons (Fsp3) is 0.143. The number of halogens is 2. The first-order chi connectivity index (χ1) is 6.74. The van der Waals surface area contributed by atoms with Crippen molar-refractivity contribution in [1.82, 2.24) is 10.2 Å². The molecule has 0 amide bonds. The van der Waals surface area contributed by atoms with E-state index in [-0.39, 0.29) is 0 Å². The van der Waals surface area contributed by atoms with Crippen LogP contribution in [-0.4, -0.2) is 10.2 Å². The first-order valence-corrected chi connectivity index (χ1v) is 6.57. The maximum absolute atomic E-state index is 5.64. The van der Waals surface area contributed by atoms with Crippen molar-refractivity contribution >= 4 is 50.6 Å². The van der Waals surface area contributed by atoms with Crippen LogP contribution >= 0.6 is 50.6 Å². The summed E-state index contributed by atoms with van der Waals surface area (Å²) < 4.78 is 6.90. The Morgan fingerprint density at radius 1 is 1.50 bits per heavy atom. The summed E-state index contributed by atoms with van der Waals surface area (Å²) in [5.74, 6) is 1.56. The third-order valence-corrected chi connectivity index (χ3v) is 4.06. The van der Waals surface area contributed by atoms with Crippen molar-refractivity contribution in [1.29, 1.82) is 0 Å². The topological polar surface area (TPSA) is 38.9 Å². The lowest BCUT2D eigenvalue weighted by Gasteiger charge is -1.91. The monoisotopic (exact) mass is 310 g/mol. The predicted octanol–water partition coefficient (Wildman–Crippen LogP) is 3.84. The van der Waals surface area contributed by atoms with E-state index in [4.69, 9.17) is 16.0 Å². The highest BCUT2D eigenvalue weighted by atomic mass is 79.9. The number of rotatable bonds is 3. The van der Waals surface area contributed by atoms with Crippen molar-refractivity contribution in [2.75, 3.05) is 0 Å². The number of nitrogens with zero attached hydrogens (tertiary/aromatic N) is 2. The minimum absolute atomic E-state index is 0.416. The fourth-order valence-electron chi connectivity index (χ4n) is 0.814. The van der Waals surface area contributed by atoms with Crippen LogP contribution in [0.5, 0.6) is 0 Å². The lowest BCUT2D eigenvalue weighted by molar-refractivity contribution is 0.532. The van der Waals surface area contributed by atoms with Crippen LogP contribution in [-0.2, 0) is 5.75 Å². The van der Waals surface area contributed by atoms with Crippen LogP contribution in [0.3, 0.4) is 0 Å². The molecule has 2 heterocycles. The Morgan fingerprint density at radius 3 is 2.93 bits per heavy atom. The zero-order valence-corrected chi connectivity index (χ0v) is 10.7. The van der Waals surface area contributed by atoms with Crippen molar-refractivity contribution in [3.8, 4) is 0 Å². The summed E-state index contributed by atoms with van der Waals surface area (Å²) in [6.07, 6.45) is 0. The Bertz CT molecular complexity index is 391. The Labute approximate surface area is 102 Å². The molecule has 0 atom stereocenters. The predicted molar refractivity (Wildman–Crippen MR) is 60.9 cm³/mol. The molecule has 0 unspecified atom stereocenters. The van der Waals surface area contributed by atoms with E-state index in [2.05, 4.69) is 26.1 Å². The first kappa shape index (κ1) is 10.5. The summed E-state index contributed by atoms with van der Waals surface area (Å²) in [6.45, 7) is 0. The third-order valence-electron chi connectivity index (χ3n) is 1.35. The standard InChI is InChI=1S/C7H4BrClN2OS2/c8-6-10-11-7(14-6)13-3-4-1-2-5(9)12-4/h1-2H,3H2. The van der Waals surface area contributed by atoms with Crippen LogP contribution in [0.25, 0.3) is 0 Å². The van der Waals surface area contributed by atoms with Gasteiger partial charge in [-0.3, -0.25) is 0 Å². The van der Waals surface area contributed by atoms with Gasteiger partial charge in [0.05, 0.1) is 5.75 Å². The van der Waals surface area contributed by atoms with Crippen molar-refractivity contribution in [3.63, 3.8) is 0 Å². The van der Waals surface area contributed by atoms with E-state index in [1.165, 1.54) is 11.3 Å². The van der Waals surface area contributed by atoms with Crippen LogP contribution in [0.1, 0.15) is 5.76 Å². The quantitative estimate of drug-likeness (QED) is 0.807. The average molecular weight is 312 g/mol. The molecule has 14 heavy (non-hydrogen) atoms. The number of thioether (sulfide) groups is 1. The molecule has 0 saturated heterocycles. The van der Waals surface area contributed by atoms with Gasteiger partial charge in [0.25, 0.3) is 0 Å². The van der Waals surface area contributed by atoms with E-state index < -0.39 is 0 Å². The van der Waals surface area contributed by atoms with E-state index in [1.54, 1.807) is 17.8 Å². The molecule has 0 aliphatic carbocycles. The summed E-state index contributed by atoms with van der Waals surface area (Å²) in [6, 6.07) is 3.58. The molecule has 2 rings (SSSR count). The molecule has 0 aromatic carbocycles. The zero-order chi connectivity index (χ0) is 9.97. The van der Waals surface area contributed by atoms with Gasteiger partial charge in [-0.2, -0.15) is 0 Å². The molecular formula is C7H4BrClN2OS2. The minimum Gasteiger partial charge on any atom is -0.449 e. The molecule has 7 heteroatoms. The Hall–Kier alpha value is -0.0400. The molecule has 0 fully saturated rings. The van der Waals surface area contributed by atoms with Gasteiger partial charge in [0.1, 0.15) is 5.76 Å². The molecule has 0 spiro atoms. The van der Waals surface area contributed by atoms with Crippen molar-refractivity contribution in [2.45, 2.75) is 10.1 Å².